The van der Waals surface area contributed by atoms with Gasteiger partial charge in [0.05, 0.1) is 12.3 Å². The lowest BCUT2D eigenvalue weighted by Crippen LogP contribution is -2.28. The van der Waals surface area contributed by atoms with E-state index in [0.29, 0.717) is 42.9 Å². The Hall–Kier alpha value is -2.17. The van der Waals surface area contributed by atoms with Gasteiger partial charge in [-0.1, -0.05) is 18.2 Å². The Morgan fingerprint density at radius 1 is 0.964 bits per heavy atom. The maximum Gasteiger partial charge on any atom is 0.241 e. The lowest BCUT2D eigenvalue weighted by Gasteiger charge is -2.28. The highest BCUT2D eigenvalue weighted by atomic mass is 32.2. The predicted molar refractivity (Wildman–Crippen MR) is 106 cm³/mol. The predicted octanol–water partition coefficient (Wildman–Crippen LogP) is 1.19. The quantitative estimate of drug-likeness (QED) is 0.437. The average Bonchev–Trinajstić information content (AvgIpc) is 2.68. The summed E-state index contributed by atoms with van der Waals surface area (Å²) in [5.74, 6) is 0.469. The second kappa shape index (κ2) is 10.4. The van der Waals surface area contributed by atoms with E-state index in [9.17, 15) is 23.7 Å². The van der Waals surface area contributed by atoms with Crippen LogP contribution in [0, 0.1) is 0 Å². The molecule has 0 heterocycles. The molecule has 0 aliphatic heterocycles. The summed E-state index contributed by atoms with van der Waals surface area (Å²) >= 11 is 0. The molecule has 0 saturated carbocycles. The number of hydrogen-bond acceptors (Lipinski definition) is 7. The normalized spacial score (nSPS) is 11.4. The number of aliphatic hydroxyl groups is 3. The lowest BCUT2D eigenvalue weighted by molar-refractivity contribution is 0.279. The molecule has 8 nitrogen and oxygen atoms in total. The molecular weight excluding hydrogens is 384 g/mol. The summed E-state index contributed by atoms with van der Waals surface area (Å²) in [7, 11) is -4.14. The van der Waals surface area contributed by atoms with Gasteiger partial charge in [0.2, 0.25) is 10.0 Å². The van der Waals surface area contributed by atoms with Crippen molar-refractivity contribution in [3.63, 3.8) is 0 Å². The summed E-state index contributed by atoms with van der Waals surface area (Å²) in [5.41, 5.74) is 0.777. The van der Waals surface area contributed by atoms with Gasteiger partial charge < -0.3 is 25.0 Å². The minimum absolute atomic E-state index is 0.0433. The third-order valence-electron chi connectivity index (χ3n) is 4.06. The van der Waals surface area contributed by atoms with Gasteiger partial charge in [-0.05, 0) is 42.7 Å². The zero-order valence-corrected chi connectivity index (χ0v) is 16.3. The van der Waals surface area contributed by atoms with Crippen molar-refractivity contribution in [1.29, 1.82) is 0 Å². The van der Waals surface area contributed by atoms with E-state index in [-0.39, 0.29) is 30.5 Å². The number of hydrogen-bond donors (Lipinski definition) is 4. The van der Waals surface area contributed by atoms with E-state index in [0.717, 1.165) is 0 Å². The van der Waals surface area contributed by atoms with Gasteiger partial charge in [-0.3, -0.25) is 0 Å². The molecule has 0 radical (unpaired) electrons. The molecule has 0 fully saturated rings. The number of benzene rings is 2. The van der Waals surface area contributed by atoms with Gasteiger partial charge in [0, 0.05) is 26.3 Å². The van der Waals surface area contributed by atoms with Crippen LogP contribution in [0.15, 0.2) is 47.4 Å². The number of aliphatic hydroxyl groups excluding tert-OH is 3. The molecule has 0 atom stereocenters. The minimum atomic E-state index is -4.14. The summed E-state index contributed by atoms with van der Waals surface area (Å²) in [4.78, 5) is 1.56. The molecule has 154 valence electrons. The summed E-state index contributed by atoms with van der Waals surface area (Å²) in [6, 6.07) is 11.6. The molecular formula is C19H26N2O6S. The van der Waals surface area contributed by atoms with Crippen LogP contribution in [0.2, 0.25) is 0 Å². The molecule has 9 heteroatoms. The SMILES string of the molecule is NS(=O)(=O)c1cc(CO)cc(N(CCCO)CCCO)c1Oc1ccccc1. The summed E-state index contributed by atoms with van der Waals surface area (Å²) in [6.07, 6.45) is 0.870. The number of nitrogens with zero attached hydrogens (tertiary/aromatic N) is 1. The monoisotopic (exact) mass is 410 g/mol. The topological polar surface area (TPSA) is 133 Å². The first-order chi connectivity index (χ1) is 13.4. The highest BCUT2D eigenvalue weighted by Gasteiger charge is 2.24. The third kappa shape index (κ3) is 5.91. The Labute approximate surface area is 164 Å². The minimum Gasteiger partial charge on any atom is -0.454 e. The van der Waals surface area contributed by atoms with E-state index in [2.05, 4.69) is 0 Å². The molecule has 0 amide bonds. The number of rotatable bonds is 11. The summed E-state index contributed by atoms with van der Waals surface area (Å²) in [6.45, 7) is 0.328. The standard InChI is InChI=1S/C19H26N2O6S/c20-28(25,26)18-13-15(14-24)12-17(21(8-4-10-22)9-5-11-23)19(18)27-16-6-2-1-3-7-16/h1-3,6-7,12-13,22-24H,4-5,8-11,14H2,(H2,20,25,26). The van der Waals surface area contributed by atoms with E-state index in [1.54, 1.807) is 41.3 Å². The first kappa shape index (κ1) is 22.1. The van der Waals surface area contributed by atoms with Crippen LogP contribution < -0.4 is 14.8 Å². The van der Waals surface area contributed by atoms with Crippen LogP contribution in [-0.2, 0) is 16.6 Å². The zero-order valence-electron chi connectivity index (χ0n) is 15.5. The fraction of sp³-hybridized carbons (Fsp3) is 0.368. The number of sulfonamides is 1. The largest absolute Gasteiger partial charge is 0.454 e. The maximum atomic E-state index is 12.2. The number of nitrogens with two attached hydrogens (primary N) is 1. The van der Waals surface area contributed by atoms with E-state index in [1.807, 2.05) is 0 Å². The molecule has 5 N–H and O–H groups in total. The van der Waals surface area contributed by atoms with Crippen LogP contribution in [0.25, 0.3) is 0 Å². The first-order valence-electron chi connectivity index (χ1n) is 8.91. The van der Waals surface area contributed by atoms with E-state index < -0.39 is 10.0 Å². The molecule has 0 saturated heterocycles. The van der Waals surface area contributed by atoms with Crippen LogP contribution in [-0.4, -0.2) is 50.0 Å². The number of anilines is 1. The fourth-order valence-electron chi connectivity index (χ4n) is 2.77. The van der Waals surface area contributed by atoms with Crippen molar-refractivity contribution in [2.75, 3.05) is 31.2 Å². The van der Waals surface area contributed by atoms with Crippen molar-refractivity contribution in [3.8, 4) is 11.5 Å². The van der Waals surface area contributed by atoms with Crippen molar-refractivity contribution >= 4 is 15.7 Å². The molecule has 0 bridgehead atoms. The van der Waals surface area contributed by atoms with Gasteiger partial charge in [0.25, 0.3) is 0 Å². The molecule has 2 aromatic carbocycles. The summed E-state index contributed by atoms with van der Waals surface area (Å²) in [5, 5.41) is 33.4. The smallest absolute Gasteiger partial charge is 0.241 e. The Bertz CT molecular complexity index is 850. The van der Waals surface area contributed by atoms with E-state index in [4.69, 9.17) is 9.88 Å². The van der Waals surface area contributed by atoms with Crippen LogP contribution in [0.1, 0.15) is 18.4 Å². The highest BCUT2D eigenvalue weighted by Crippen LogP contribution is 2.39. The van der Waals surface area contributed by atoms with Gasteiger partial charge >= 0.3 is 0 Å². The molecule has 0 aliphatic carbocycles. The Kier molecular flexibility index (Phi) is 8.21. The van der Waals surface area contributed by atoms with Crippen molar-refractivity contribution < 1.29 is 28.5 Å². The lowest BCUT2D eigenvalue weighted by atomic mass is 10.1. The Balaban J connectivity index is 2.64. The van der Waals surface area contributed by atoms with E-state index >= 15 is 0 Å². The Morgan fingerprint density at radius 2 is 1.57 bits per heavy atom. The second-order valence-corrected chi connectivity index (χ2v) is 7.73. The molecule has 0 aromatic heterocycles. The van der Waals surface area contributed by atoms with E-state index in [1.165, 1.54) is 6.07 Å². The first-order valence-corrected chi connectivity index (χ1v) is 10.5. The van der Waals surface area contributed by atoms with Crippen LogP contribution in [0.5, 0.6) is 11.5 Å². The number of primary sulfonamides is 1. The highest BCUT2D eigenvalue weighted by molar-refractivity contribution is 7.89. The Morgan fingerprint density at radius 3 is 2.07 bits per heavy atom. The zero-order chi connectivity index (χ0) is 20.6. The van der Waals surface area contributed by atoms with Gasteiger partial charge in [0.1, 0.15) is 10.6 Å². The van der Waals surface area contributed by atoms with Gasteiger partial charge in [-0.25, -0.2) is 13.6 Å². The fourth-order valence-corrected chi connectivity index (χ4v) is 3.49. The maximum absolute atomic E-state index is 12.2. The number of para-hydroxylation sites is 1. The average molecular weight is 410 g/mol. The molecule has 2 rings (SSSR count). The third-order valence-corrected chi connectivity index (χ3v) is 4.98. The second-order valence-electron chi connectivity index (χ2n) is 6.20. The summed E-state index contributed by atoms with van der Waals surface area (Å²) < 4.78 is 30.4. The van der Waals surface area contributed by atoms with Gasteiger partial charge in [-0.2, -0.15) is 0 Å². The van der Waals surface area contributed by atoms with Crippen molar-refractivity contribution in [1.82, 2.24) is 0 Å². The van der Waals surface area contributed by atoms with Gasteiger partial charge in [-0.15, -0.1) is 0 Å². The molecule has 0 spiro atoms. The van der Waals surface area contributed by atoms with Crippen molar-refractivity contribution in [3.05, 3.63) is 48.0 Å². The van der Waals surface area contributed by atoms with Crippen molar-refractivity contribution in [2.24, 2.45) is 5.14 Å². The van der Waals surface area contributed by atoms with Crippen LogP contribution in [0.4, 0.5) is 5.69 Å². The molecule has 0 unspecified atom stereocenters. The molecule has 0 aliphatic rings. The van der Waals surface area contributed by atoms with Crippen LogP contribution >= 0.6 is 0 Å². The van der Waals surface area contributed by atoms with Crippen LogP contribution in [0.3, 0.4) is 0 Å². The van der Waals surface area contributed by atoms with Gasteiger partial charge in [0.15, 0.2) is 5.75 Å². The molecule has 28 heavy (non-hydrogen) atoms. The molecule has 2 aromatic rings. The number of ether oxygens (including phenoxy) is 1. The van der Waals surface area contributed by atoms with Crippen molar-refractivity contribution in [2.45, 2.75) is 24.3 Å².